The van der Waals surface area contributed by atoms with E-state index in [-0.39, 0.29) is 28.0 Å². The van der Waals surface area contributed by atoms with Crippen LogP contribution < -0.4 is 9.47 Å². The minimum atomic E-state index is -3.05. The Balaban J connectivity index is 1.34. The fraction of sp³-hybridized carbons (Fsp3) is 0.231. The van der Waals surface area contributed by atoms with Gasteiger partial charge in [0.1, 0.15) is 18.3 Å². The number of carbonyl (C=O) groups excluding carboxylic acids is 1. The number of benzene rings is 4. The first-order chi connectivity index (χ1) is 23.8. The minimum absolute atomic E-state index is 0.0598. The van der Waals surface area contributed by atoms with Crippen molar-refractivity contribution < 1.29 is 32.5 Å². The second-order valence-corrected chi connectivity index (χ2v) is 12.5. The number of alkyl halides is 2. The molecule has 6 rings (SSSR count). The Morgan fingerprint density at radius 3 is 1.86 bits per heavy atom. The number of nitrogens with zero attached hydrogens (tertiary/aromatic N) is 1. The summed E-state index contributed by atoms with van der Waals surface area (Å²) in [6, 6.07) is 33.4. The summed E-state index contributed by atoms with van der Waals surface area (Å²) in [7, 11) is 0. The number of hydrogen-bond acceptors (Lipinski definition) is 6. The predicted octanol–water partition coefficient (Wildman–Crippen LogP) is 9.61. The number of pyridine rings is 1. The molecule has 0 radical (unpaired) electrons. The monoisotopic (exact) mass is 703 g/mol. The summed E-state index contributed by atoms with van der Waals surface area (Å²) in [5.74, 6) is -0.328. The molecule has 0 bridgehead atoms. The van der Waals surface area contributed by atoms with Crippen LogP contribution in [0, 0.1) is 5.92 Å². The maximum absolute atomic E-state index is 13.9. The Labute approximate surface area is 293 Å². The van der Waals surface area contributed by atoms with Crippen molar-refractivity contribution in [2.45, 2.75) is 37.6 Å². The third-order valence-electron chi connectivity index (χ3n) is 8.29. The number of esters is 1. The molecular weight excluding hydrogens is 671 g/mol. The normalized spacial score (nSPS) is 13.6. The second kappa shape index (κ2) is 15.8. The van der Waals surface area contributed by atoms with E-state index in [1.54, 1.807) is 12.1 Å². The maximum Gasteiger partial charge on any atom is 0.387 e. The topological polar surface area (TPSA) is 66.9 Å². The highest BCUT2D eigenvalue weighted by molar-refractivity contribution is 6.35. The Morgan fingerprint density at radius 1 is 0.796 bits per heavy atom. The summed E-state index contributed by atoms with van der Waals surface area (Å²) in [6.07, 6.45) is 3.99. The smallest absolute Gasteiger partial charge is 0.387 e. The first kappa shape index (κ1) is 34.4. The Kier molecular flexibility index (Phi) is 11.1. The van der Waals surface area contributed by atoms with E-state index in [4.69, 9.17) is 42.1 Å². The van der Waals surface area contributed by atoms with E-state index < -0.39 is 30.9 Å². The molecular formula is C39H33Cl2F2NO5. The highest BCUT2D eigenvalue weighted by atomic mass is 35.5. The van der Waals surface area contributed by atoms with Gasteiger partial charge in [-0.15, -0.1) is 0 Å². The number of carbonyl (C=O) groups is 1. The lowest BCUT2D eigenvalue weighted by Gasteiger charge is -2.35. The van der Waals surface area contributed by atoms with E-state index in [1.807, 2.05) is 91.0 Å². The molecule has 1 saturated carbocycles. The molecule has 0 N–H and O–H groups in total. The Bertz CT molecular complexity index is 1730. The van der Waals surface area contributed by atoms with Crippen molar-refractivity contribution in [1.82, 2.24) is 4.98 Å². The summed E-state index contributed by atoms with van der Waals surface area (Å²) in [6.45, 7) is -3.14. The maximum atomic E-state index is 13.9. The van der Waals surface area contributed by atoms with Crippen molar-refractivity contribution >= 4 is 29.2 Å². The quantitative estimate of drug-likeness (QED) is 0.0799. The van der Waals surface area contributed by atoms with Crippen molar-refractivity contribution in [3.05, 3.63) is 159 Å². The predicted molar refractivity (Wildman–Crippen MR) is 183 cm³/mol. The standard InChI is InChI=1S/C39H33Cl2F2NO5/c40-32-22-44-23-33(41)31(32)21-35(27-18-19-34(49-38(42)43)36(20-27)46-24-26-16-17-26)48-37(45)25-47-39(28-10-4-1-5-11-28,29-12-6-2-7-13-29)30-14-8-3-9-15-30/h1-15,18-20,22-23,26,35,38H,16-17,21,24-25H2/t35-/m0/s1. The van der Waals surface area contributed by atoms with E-state index in [9.17, 15) is 13.6 Å². The van der Waals surface area contributed by atoms with Gasteiger partial charge in [0.2, 0.25) is 0 Å². The second-order valence-electron chi connectivity index (χ2n) is 11.7. The van der Waals surface area contributed by atoms with Crippen LogP contribution in [-0.4, -0.2) is 30.8 Å². The Hall–Kier alpha value is -4.50. The van der Waals surface area contributed by atoms with Gasteiger partial charge in [-0.25, -0.2) is 4.79 Å². The van der Waals surface area contributed by atoms with Gasteiger partial charge in [-0.1, -0.05) is 120 Å². The lowest BCUT2D eigenvalue weighted by molar-refractivity contribution is -0.158. The van der Waals surface area contributed by atoms with Crippen LogP contribution in [0.25, 0.3) is 0 Å². The highest BCUT2D eigenvalue weighted by Crippen LogP contribution is 2.41. The van der Waals surface area contributed by atoms with Crippen molar-refractivity contribution in [1.29, 1.82) is 0 Å². The molecule has 252 valence electrons. The first-order valence-electron chi connectivity index (χ1n) is 15.8. The summed E-state index contributed by atoms with van der Waals surface area (Å²) in [4.78, 5) is 17.9. The summed E-state index contributed by atoms with van der Waals surface area (Å²) >= 11 is 13.0. The van der Waals surface area contributed by atoms with Gasteiger partial charge in [0.05, 0.1) is 16.7 Å². The third kappa shape index (κ3) is 8.39. The van der Waals surface area contributed by atoms with Crippen molar-refractivity contribution in [2.75, 3.05) is 13.2 Å². The van der Waals surface area contributed by atoms with E-state index in [1.165, 1.54) is 18.5 Å². The Morgan fingerprint density at radius 2 is 1.35 bits per heavy atom. The van der Waals surface area contributed by atoms with Gasteiger partial charge < -0.3 is 18.9 Å². The number of halogens is 4. The van der Waals surface area contributed by atoms with Crippen LogP contribution in [0.15, 0.2) is 122 Å². The molecule has 5 aromatic rings. The van der Waals surface area contributed by atoms with E-state index >= 15 is 0 Å². The van der Waals surface area contributed by atoms with Crippen LogP contribution in [0.5, 0.6) is 11.5 Å². The molecule has 1 aliphatic carbocycles. The molecule has 1 heterocycles. The molecule has 0 saturated heterocycles. The van der Waals surface area contributed by atoms with Crippen LogP contribution >= 0.6 is 23.2 Å². The fourth-order valence-corrected chi connectivity index (χ4v) is 6.22. The van der Waals surface area contributed by atoms with Gasteiger partial charge in [0.25, 0.3) is 0 Å². The largest absolute Gasteiger partial charge is 0.489 e. The van der Waals surface area contributed by atoms with Gasteiger partial charge in [0, 0.05) is 18.8 Å². The molecule has 0 aliphatic heterocycles. The first-order valence-corrected chi connectivity index (χ1v) is 16.6. The van der Waals surface area contributed by atoms with Gasteiger partial charge in [-0.05, 0) is 58.7 Å². The summed E-state index contributed by atoms with van der Waals surface area (Å²) in [5.41, 5.74) is 2.26. The van der Waals surface area contributed by atoms with Crippen molar-refractivity contribution in [3.8, 4) is 11.5 Å². The molecule has 6 nitrogen and oxygen atoms in total. The van der Waals surface area contributed by atoms with E-state index in [0.29, 0.717) is 23.7 Å². The SMILES string of the molecule is O=C(COC(c1ccccc1)(c1ccccc1)c1ccccc1)O[C@@H](Cc1c(Cl)cncc1Cl)c1ccc(OC(F)F)c(OCC2CC2)c1. The van der Waals surface area contributed by atoms with Gasteiger partial charge in [-0.3, -0.25) is 4.98 Å². The molecule has 49 heavy (non-hydrogen) atoms. The minimum Gasteiger partial charge on any atom is -0.489 e. The van der Waals surface area contributed by atoms with Crippen molar-refractivity contribution in [2.24, 2.45) is 5.92 Å². The van der Waals surface area contributed by atoms with Crippen LogP contribution in [-0.2, 0) is 26.3 Å². The third-order valence-corrected chi connectivity index (χ3v) is 8.94. The number of aromatic nitrogens is 1. The highest BCUT2D eigenvalue weighted by Gasteiger charge is 2.38. The average molecular weight is 705 g/mol. The lowest BCUT2D eigenvalue weighted by atomic mass is 9.80. The fourth-order valence-electron chi connectivity index (χ4n) is 5.70. The molecule has 4 aromatic carbocycles. The zero-order chi connectivity index (χ0) is 34.2. The van der Waals surface area contributed by atoms with Crippen molar-refractivity contribution in [3.63, 3.8) is 0 Å². The van der Waals surface area contributed by atoms with E-state index in [0.717, 1.165) is 29.5 Å². The zero-order valence-electron chi connectivity index (χ0n) is 26.3. The molecule has 1 aliphatic rings. The van der Waals surface area contributed by atoms with Crippen LogP contribution in [0.4, 0.5) is 8.78 Å². The van der Waals surface area contributed by atoms with Crippen LogP contribution in [0.2, 0.25) is 10.0 Å². The zero-order valence-corrected chi connectivity index (χ0v) is 27.8. The van der Waals surface area contributed by atoms with Gasteiger partial charge >= 0.3 is 12.6 Å². The molecule has 0 unspecified atom stereocenters. The summed E-state index contributed by atoms with van der Waals surface area (Å²) in [5, 5.41) is 0.563. The number of ether oxygens (including phenoxy) is 4. The summed E-state index contributed by atoms with van der Waals surface area (Å²) < 4.78 is 50.0. The van der Waals surface area contributed by atoms with Gasteiger partial charge in [-0.2, -0.15) is 8.78 Å². The molecule has 1 fully saturated rings. The number of hydrogen-bond donors (Lipinski definition) is 0. The van der Waals surface area contributed by atoms with Crippen LogP contribution in [0.3, 0.4) is 0 Å². The molecule has 1 atom stereocenters. The van der Waals surface area contributed by atoms with E-state index in [2.05, 4.69) is 4.98 Å². The lowest BCUT2D eigenvalue weighted by Crippen LogP contribution is -2.35. The molecule has 1 aromatic heterocycles. The molecule has 0 amide bonds. The van der Waals surface area contributed by atoms with Crippen LogP contribution in [0.1, 0.15) is 46.8 Å². The van der Waals surface area contributed by atoms with Gasteiger partial charge in [0.15, 0.2) is 11.5 Å². The molecule has 10 heteroatoms. The average Bonchev–Trinajstić information content (AvgIpc) is 3.95. The molecule has 0 spiro atoms. The number of rotatable bonds is 15.